The molecule has 0 fully saturated rings. The molecule has 0 atom stereocenters. The van der Waals surface area contributed by atoms with E-state index in [2.05, 4.69) is 228 Å². The maximum atomic E-state index is 6.79. The van der Waals surface area contributed by atoms with Gasteiger partial charge in [-0.25, -0.2) is 0 Å². The molecule has 0 saturated carbocycles. The highest BCUT2D eigenvalue weighted by molar-refractivity contribution is 6.16. The van der Waals surface area contributed by atoms with Gasteiger partial charge in [-0.15, -0.1) is 0 Å². The Kier molecular flexibility index (Phi) is 7.54. The number of benzene rings is 10. The zero-order valence-corrected chi connectivity index (χ0v) is 32.1. The Morgan fingerprint density at radius 1 is 0.339 bits per heavy atom. The minimum absolute atomic E-state index is 0.858. The lowest BCUT2D eigenvalue weighted by atomic mass is 9.92. The average Bonchev–Trinajstić information content (AvgIpc) is 3.85. The molecule has 59 heavy (non-hydrogen) atoms. The quantitative estimate of drug-likeness (QED) is 0.169. The van der Waals surface area contributed by atoms with E-state index >= 15 is 0 Å². The fourth-order valence-electron chi connectivity index (χ4n) is 9.17. The van der Waals surface area contributed by atoms with Gasteiger partial charge in [-0.05, 0) is 111 Å². The monoisotopic (exact) mass is 752 g/mol. The van der Waals surface area contributed by atoms with Gasteiger partial charge in [-0.3, -0.25) is 0 Å². The predicted octanol–water partition coefficient (Wildman–Crippen LogP) is 15.8. The van der Waals surface area contributed by atoms with Gasteiger partial charge < -0.3 is 13.9 Å². The highest BCUT2D eigenvalue weighted by atomic mass is 16.3. The number of para-hydroxylation sites is 2. The second kappa shape index (κ2) is 13.4. The molecule has 12 rings (SSSR count). The van der Waals surface area contributed by atoms with Crippen LogP contribution in [0.3, 0.4) is 0 Å². The van der Waals surface area contributed by atoms with Crippen LogP contribution >= 0.6 is 0 Å². The molecule has 0 aliphatic carbocycles. The predicted molar refractivity (Wildman–Crippen MR) is 249 cm³/mol. The molecule has 2 heterocycles. The molecule has 2 aromatic heterocycles. The highest BCUT2D eigenvalue weighted by Gasteiger charge is 2.21. The van der Waals surface area contributed by atoms with Gasteiger partial charge in [0.05, 0.1) is 11.0 Å². The normalized spacial score (nSPS) is 11.7. The molecule has 3 nitrogen and oxygen atoms in total. The summed E-state index contributed by atoms with van der Waals surface area (Å²) in [6, 6.07) is 78.8. The Labute approximate surface area is 341 Å². The molecule has 0 saturated heterocycles. The fourth-order valence-corrected chi connectivity index (χ4v) is 9.17. The Morgan fingerprint density at radius 3 is 1.83 bits per heavy atom. The molecule has 0 aliphatic heterocycles. The Hall–Kier alpha value is -7.88. The first-order valence-electron chi connectivity index (χ1n) is 20.2. The summed E-state index contributed by atoms with van der Waals surface area (Å²) in [5, 5.41) is 9.37. The molecular weight excluding hydrogens is 717 g/mol. The molecule has 0 radical (unpaired) electrons. The van der Waals surface area contributed by atoms with Crippen LogP contribution in [0.5, 0.6) is 0 Å². The fraction of sp³-hybridized carbons (Fsp3) is 0. The van der Waals surface area contributed by atoms with Gasteiger partial charge in [0, 0.05) is 55.7 Å². The third kappa shape index (κ3) is 5.44. The van der Waals surface area contributed by atoms with Crippen molar-refractivity contribution in [2.24, 2.45) is 0 Å². The number of aromatic nitrogens is 1. The van der Waals surface area contributed by atoms with Crippen molar-refractivity contribution in [1.82, 2.24) is 4.57 Å². The van der Waals surface area contributed by atoms with E-state index in [9.17, 15) is 0 Å². The topological polar surface area (TPSA) is 21.3 Å². The van der Waals surface area contributed by atoms with Crippen molar-refractivity contribution in [3.05, 3.63) is 218 Å². The summed E-state index contributed by atoms with van der Waals surface area (Å²) in [5.41, 5.74) is 13.1. The van der Waals surface area contributed by atoms with E-state index in [0.29, 0.717) is 0 Å². The maximum Gasteiger partial charge on any atom is 0.143 e. The minimum atomic E-state index is 0.858. The SMILES string of the molecule is c1ccc(-c2ccc(N(c3ccc4c(c3)oc3c5ccccc5ccc43)c3ccc4c(c3)c3ccccc3n4-c3ccccc3)cc2-c2ccc3ccccc3c2)cc1. The van der Waals surface area contributed by atoms with Gasteiger partial charge in [0.25, 0.3) is 0 Å². The smallest absolute Gasteiger partial charge is 0.143 e. The second-order valence-corrected chi connectivity index (χ2v) is 15.3. The van der Waals surface area contributed by atoms with Crippen LogP contribution in [0.4, 0.5) is 17.1 Å². The van der Waals surface area contributed by atoms with Crippen LogP contribution in [0.15, 0.2) is 223 Å². The van der Waals surface area contributed by atoms with E-state index in [-0.39, 0.29) is 0 Å². The van der Waals surface area contributed by atoms with Gasteiger partial charge in [-0.1, -0.05) is 140 Å². The molecule has 3 heteroatoms. The largest absolute Gasteiger partial charge is 0.455 e. The zero-order chi connectivity index (χ0) is 38.9. The summed E-state index contributed by atoms with van der Waals surface area (Å²) >= 11 is 0. The maximum absolute atomic E-state index is 6.79. The molecule has 0 aliphatic rings. The van der Waals surface area contributed by atoms with Crippen molar-refractivity contribution < 1.29 is 4.42 Å². The van der Waals surface area contributed by atoms with Crippen LogP contribution in [0, 0.1) is 0 Å². The number of fused-ring (bicyclic) bond motifs is 9. The van der Waals surface area contributed by atoms with Crippen molar-refractivity contribution in [3.63, 3.8) is 0 Å². The molecule has 10 aromatic carbocycles. The first-order valence-corrected chi connectivity index (χ1v) is 20.2. The summed E-state index contributed by atoms with van der Waals surface area (Å²) in [6.07, 6.45) is 0. The van der Waals surface area contributed by atoms with Gasteiger partial charge >= 0.3 is 0 Å². The summed E-state index contributed by atoms with van der Waals surface area (Å²) < 4.78 is 9.16. The van der Waals surface area contributed by atoms with Crippen LogP contribution in [-0.2, 0) is 0 Å². The van der Waals surface area contributed by atoms with Gasteiger partial charge in [-0.2, -0.15) is 0 Å². The molecule has 0 bridgehead atoms. The molecule has 0 N–H and O–H groups in total. The van der Waals surface area contributed by atoms with E-state index in [1.165, 1.54) is 54.7 Å². The first-order chi connectivity index (χ1) is 29.2. The van der Waals surface area contributed by atoms with Crippen LogP contribution in [-0.4, -0.2) is 4.57 Å². The number of hydrogen-bond acceptors (Lipinski definition) is 2. The molecule has 0 spiro atoms. The Morgan fingerprint density at radius 2 is 0.966 bits per heavy atom. The summed E-state index contributed by atoms with van der Waals surface area (Å²) in [7, 11) is 0. The Balaban J connectivity index is 1.11. The van der Waals surface area contributed by atoms with Gasteiger partial charge in [0.2, 0.25) is 0 Å². The number of rotatable bonds is 6. The van der Waals surface area contributed by atoms with Gasteiger partial charge in [0.15, 0.2) is 0 Å². The molecule has 0 unspecified atom stereocenters. The lowest BCUT2D eigenvalue weighted by Gasteiger charge is -2.27. The lowest BCUT2D eigenvalue weighted by molar-refractivity contribution is 0.672. The molecular formula is C56H36N2O. The molecule has 0 amide bonds. The first kappa shape index (κ1) is 33.3. The van der Waals surface area contributed by atoms with Crippen LogP contribution in [0.1, 0.15) is 0 Å². The van der Waals surface area contributed by atoms with E-state index in [4.69, 9.17) is 4.42 Å². The summed E-state index contributed by atoms with van der Waals surface area (Å²) in [5.74, 6) is 0. The van der Waals surface area contributed by atoms with Crippen LogP contribution < -0.4 is 4.90 Å². The third-order valence-electron chi connectivity index (χ3n) is 11.9. The van der Waals surface area contributed by atoms with Crippen LogP contribution in [0.25, 0.3) is 93.2 Å². The van der Waals surface area contributed by atoms with E-state index in [1.807, 2.05) is 0 Å². The molecule has 12 aromatic rings. The van der Waals surface area contributed by atoms with Crippen LogP contribution in [0.2, 0.25) is 0 Å². The number of furan rings is 1. The minimum Gasteiger partial charge on any atom is -0.455 e. The summed E-state index contributed by atoms with van der Waals surface area (Å²) in [6.45, 7) is 0. The summed E-state index contributed by atoms with van der Waals surface area (Å²) in [4.78, 5) is 2.39. The second-order valence-electron chi connectivity index (χ2n) is 15.3. The lowest BCUT2D eigenvalue weighted by Crippen LogP contribution is -2.10. The van der Waals surface area contributed by atoms with Crippen molar-refractivity contribution in [1.29, 1.82) is 0 Å². The van der Waals surface area contributed by atoms with E-state index in [0.717, 1.165) is 55.6 Å². The highest BCUT2D eigenvalue weighted by Crippen LogP contribution is 2.45. The zero-order valence-electron chi connectivity index (χ0n) is 32.1. The van der Waals surface area contributed by atoms with Crippen molar-refractivity contribution in [2.45, 2.75) is 0 Å². The van der Waals surface area contributed by atoms with E-state index < -0.39 is 0 Å². The van der Waals surface area contributed by atoms with Gasteiger partial charge in [0.1, 0.15) is 11.2 Å². The Bertz CT molecular complexity index is 3560. The van der Waals surface area contributed by atoms with Crippen molar-refractivity contribution in [3.8, 4) is 27.9 Å². The molecule has 276 valence electrons. The number of nitrogens with zero attached hydrogens (tertiary/aromatic N) is 2. The average molecular weight is 753 g/mol. The number of anilines is 3. The third-order valence-corrected chi connectivity index (χ3v) is 11.9. The number of hydrogen-bond donors (Lipinski definition) is 0. The standard InChI is InChI=1S/C56H36N2O/c1-3-14-38(15-4-1)46-30-26-43(34-51(46)41-24-23-37-13-7-8-17-40(37)33-41)57(45-27-31-49-50-29-25-39-16-9-10-20-47(39)56(50)59-55(49)36-45)44-28-32-54-52(35-44)48-21-11-12-22-53(48)58(54)42-18-5-2-6-19-42/h1-36H. The van der Waals surface area contributed by atoms with Crippen molar-refractivity contribution in [2.75, 3.05) is 4.90 Å². The van der Waals surface area contributed by atoms with Crippen molar-refractivity contribution >= 4 is 82.4 Å². The van der Waals surface area contributed by atoms with E-state index in [1.54, 1.807) is 0 Å².